The molecule has 0 aliphatic carbocycles. The van der Waals surface area contributed by atoms with Gasteiger partial charge in [0.1, 0.15) is 0 Å². The number of aliphatic hydroxyl groups excluding tert-OH is 1. The van der Waals surface area contributed by atoms with Crippen molar-refractivity contribution in [3.63, 3.8) is 0 Å². The number of hydrogen-bond acceptors (Lipinski definition) is 4. The number of rotatable bonds is 6. The highest BCUT2D eigenvalue weighted by Gasteiger charge is 2.19. The van der Waals surface area contributed by atoms with Gasteiger partial charge in [0.15, 0.2) is 5.78 Å². The van der Waals surface area contributed by atoms with E-state index in [-0.39, 0.29) is 18.6 Å². The lowest BCUT2D eigenvalue weighted by Gasteiger charge is -2.14. The maximum atomic E-state index is 11.2. The normalized spacial score (nSPS) is 14.1. The van der Waals surface area contributed by atoms with Crippen LogP contribution >= 0.6 is 0 Å². The summed E-state index contributed by atoms with van der Waals surface area (Å²) in [6.07, 6.45) is -1.12. The van der Waals surface area contributed by atoms with E-state index in [2.05, 4.69) is 5.32 Å². The van der Waals surface area contributed by atoms with Crippen molar-refractivity contribution in [1.82, 2.24) is 5.32 Å². The molecule has 0 fully saturated rings. The molecule has 0 unspecified atom stereocenters. The van der Waals surface area contributed by atoms with Crippen molar-refractivity contribution in [2.45, 2.75) is 38.8 Å². The quantitative estimate of drug-likeness (QED) is 0.513. The van der Waals surface area contributed by atoms with E-state index in [1.54, 1.807) is 0 Å². The summed E-state index contributed by atoms with van der Waals surface area (Å²) in [6, 6.07) is -0.895. The Morgan fingerprint density at radius 1 is 1.33 bits per heavy atom. The SMILES string of the molecule is CC(=O)[C@H](CC(N)=O)NC(=O)C[C@@H](C)O. The summed E-state index contributed by atoms with van der Waals surface area (Å²) >= 11 is 0. The van der Waals surface area contributed by atoms with E-state index >= 15 is 0 Å². The van der Waals surface area contributed by atoms with Crippen LogP contribution in [0.2, 0.25) is 0 Å². The smallest absolute Gasteiger partial charge is 0.223 e. The monoisotopic (exact) mass is 216 g/mol. The number of nitrogens with two attached hydrogens (primary N) is 1. The molecule has 0 aliphatic heterocycles. The van der Waals surface area contributed by atoms with Crippen LogP contribution in [0, 0.1) is 0 Å². The molecule has 6 nitrogen and oxygen atoms in total. The first-order chi connectivity index (χ1) is 6.82. The molecule has 0 saturated heterocycles. The summed E-state index contributed by atoms with van der Waals surface area (Å²) in [7, 11) is 0. The maximum absolute atomic E-state index is 11.2. The third-order valence-electron chi connectivity index (χ3n) is 1.71. The topological polar surface area (TPSA) is 109 Å². The second-order valence-electron chi connectivity index (χ2n) is 3.45. The first kappa shape index (κ1) is 13.6. The van der Waals surface area contributed by atoms with Crippen LogP contribution in [0.5, 0.6) is 0 Å². The molecular weight excluding hydrogens is 200 g/mol. The number of Topliss-reactive ketones (excluding diaryl/α,β-unsaturated/α-hetero) is 1. The van der Waals surface area contributed by atoms with E-state index in [0.29, 0.717) is 0 Å². The van der Waals surface area contributed by atoms with Crippen LogP contribution in [0.25, 0.3) is 0 Å². The molecule has 2 atom stereocenters. The van der Waals surface area contributed by atoms with Crippen LogP contribution < -0.4 is 11.1 Å². The summed E-state index contributed by atoms with van der Waals surface area (Å²) in [4.78, 5) is 32.8. The molecule has 0 aromatic rings. The number of primary amides is 1. The highest BCUT2D eigenvalue weighted by atomic mass is 16.3. The van der Waals surface area contributed by atoms with Crippen molar-refractivity contribution in [1.29, 1.82) is 0 Å². The van der Waals surface area contributed by atoms with Crippen molar-refractivity contribution in [3.05, 3.63) is 0 Å². The molecule has 86 valence electrons. The number of hydrogen-bond donors (Lipinski definition) is 3. The van der Waals surface area contributed by atoms with Crippen molar-refractivity contribution in [3.8, 4) is 0 Å². The Balaban J connectivity index is 4.22. The average Bonchev–Trinajstić information content (AvgIpc) is 1.99. The highest BCUT2D eigenvalue weighted by Crippen LogP contribution is 1.96. The molecule has 2 amide bonds. The van der Waals surface area contributed by atoms with Gasteiger partial charge < -0.3 is 16.2 Å². The number of amides is 2. The summed E-state index contributed by atoms with van der Waals surface area (Å²) < 4.78 is 0. The van der Waals surface area contributed by atoms with Crippen molar-refractivity contribution < 1.29 is 19.5 Å². The molecule has 6 heteroatoms. The van der Waals surface area contributed by atoms with Gasteiger partial charge in [0, 0.05) is 0 Å². The zero-order valence-corrected chi connectivity index (χ0v) is 8.82. The fraction of sp³-hybridized carbons (Fsp3) is 0.667. The second-order valence-corrected chi connectivity index (χ2v) is 3.45. The Morgan fingerprint density at radius 3 is 2.20 bits per heavy atom. The Labute approximate surface area is 87.8 Å². The van der Waals surface area contributed by atoms with Gasteiger partial charge in [-0.2, -0.15) is 0 Å². The highest BCUT2D eigenvalue weighted by molar-refractivity contribution is 5.91. The number of nitrogens with one attached hydrogen (secondary N) is 1. The minimum atomic E-state index is -0.895. The summed E-state index contributed by atoms with van der Waals surface area (Å²) in [5.74, 6) is -1.48. The molecule has 0 heterocycles. The van der Waals surface area contributed by atoms with Crippen LogP contribution in [0.15, 0.2) is 0 Å². The van der Waals surface area contributed by atoms with E-state index in [1.165, 1.54) is 13.8 Å². The maximum Gasteiger partial charge on any atom is 0.223 e. The van der Waals surface area contributed by atoms with Crippen molar-refractivity contribution in [2.75, 3.05) is 0 Å². The summed E-state index contributed by atoms with van der Waals surface area (Å²) in [6.45, 7) is 2.71. The van der Waals surface area contributed by atoms with Crippen LogP contribution in [0.4, 0.5) is 0 Å². The number of aliphatic hydroxyl groups is 1. The van der Waals surface area contributed by atoms with E-state index in [9.17, 15) is 14.4 Å². The predicted octanol–water partition coefficient (Wildman–Crippen LogP) is -1.29. The lowest BCUT2D eigenvalue weighted by molar-refractivity contribution is -0.129. The Morgan fingerprint density at radius 2 is 1.87 bits per heavy atom. The molecule has 4 N–H and O–H groups in total. The lowest BCUT2D eigenvalue weighted by Crippen LogP contribution is -2.43. The van der Waals surface area contributed by atoms with Crippen LogP contribution in [-0.4, -0.2) is 34.8 Å². The second kappa shape index (κ2) is 6.13. The van der Waals surface area contributed by atoms with Gasteiger partial charge in [-0.15, -0.1) is 0 Å². The van der Waals surface area contributed by atoms with Gasteiger partial charge >= 0.3 is 0 Å². The Hall–Kier alpha value is -1.43. The Bertz CT molecular complexity index is 263. The molecule has 0 aromatic carbocycles. The number of carbonyl (C=O) groups excluding carboxylic acids is 3. The number of carbonyl (C=O) groups is 3. The predicted molar refractivity (Wildman–Crippen MR) is 52.7 cm³/mol. The largest absolute Gasteiger partial charge is 0.393 e. The Kier molecular flexibility index (Phi) is 5.54. The fourth-order valence-corrected chi connectivity index (χ4v) is 1.02. The van der Waals surface area contributed by atoms with Gasteiger partial charge in [-0.3, -0.25) is 14.4 Å². The number of ketones is 1. The van der Waals surface area contributed by atoms with E-state index < -0.39 is 24.0 Å². The van der Waals surface area contributed by atoms with Gasteiger partial charge in [-0.1, -0.05) is 0 Å². The molecule has 0 bridgehead atoms. The van der Waals surface area contributed by atoms with E-state index in [1.807, 2.05) is 0 Å². The zero-order chi connectivity index (χ0) is 12.0. The molecule has 0 saturated carbocycles. The zero-order valence-electron chi connectivity index (χ0n) is 8.82. The summed E-state index contributed by atoms with van der Waals surface area (Å²) in [5, 5.41) is 11.2. The van der Waals surface area contributed by atoms with E-state index in [4.69, 9.17) is 10.8 Å². The fourth-order valence-electron chi connectivity index (χ4n) is 1.02. The van der Waals surface area contributed by atoms with Crippen LogP contribution in [-0.2, 0) is 14.4 Å². The van der Waals surface area contributed by atoms with E-state index in [0.717, 1.165) is 0 Å². The average molecular weight is 216 g/mol. The van der Waals surface area contributed by atoms with Crippen LogP contribution in [0.1, 0.15) is 26.7 Å². The third kappa shape index (κ3) is 6.62. The minimum absolute atomic E-state index is 0.109. The molecule has 0 aromatic heterocycles. The first-order valence-electron chi connectivity index (χ1n) is 4.59. The summed E-state index contributed by atoms with van der Waals surface area (Å²) in [5.41, 5.74) is 4.92. The van der Waals surface area contributed by atoms with Gasteiger partial charge in [0.2, 0.25) is 11.8 Å². The molecular formula is C9H16N2O4. The van der Waals surface area contributed by atoms with Gasteiger partial charge in [0.25, 0.3) is 0 Å². The molecule has 0 rings (SSSR count). The van der Waals surface area contributed by atoms with Crippen molar-refractivity contribution in [2.24, 2.45) is 5.73 Å². The molecule has 15 heavy (non-hydrogen) atoms. The first-order valence-corrected chi connectivity index (χ1v) is 4.59. The van der Waals surface area contributed by atoms with Crippen molar-refractivity contribution >= 4 is 17.6 Å². The van der Waals surface area contributed by atoms with Gasteiger partial charge in [0.05, 0.1) is 25.0 Å². The lowest BCUT2D eigenvalue weighted by atomic mass is 10.1. The van der Waals surface area contributed by atoms with Gasteiger partial charge in [-0.25, -0.2) is 0 Å². The molecule has 0 aliphatic rings. The molecule has 0 radical (unpaired) electrons. The van der Waals surface area contributed by atoms with Gasteiger partial charge in [-0.05, 0) is 13.8 Å². The standard InChI is InChI=1S/C9H16N2O4/c1-5(12)3-9(15)11-7(6(2)13)4-8(10)14/h5,7,12H,3-4H2,1-2H3,(H2,10,14)(H,11,15)/t5-,7+/m1/s1. The third-order valence-corrected chi connectivity index (χ3v) is 1.71. The minimum Gasteiger partial charge on any atom is -0.393 e. The molecule has 0 spiro atoms. The van der Waals surface area contributed by atoms with Crippen LogP contribution in [0.3, 0.4) is 0 Å².